The van der Waals surface area contributed by atoms with Crippen LogP contribution in [0.5, 0.6) is 0 Å². The molecule has 0 aliphatic rings. The number of nitro benzene ring substituents is 1. The first-order chi connectivity index (χ1) is 15.0. The Balaban J connectivity index is 1.53. The Kier molecular flexibility index (Phi) is 9.92. The van der Waals surface area contributed by atoms with Crippen molar-refractivity contribution in [2.45, 2.75) is 51.9 Å². The van der Waals surface area contributed by atoms with Crippen molar-refractivity contribution >= 4 is 34.2 Å². The number of nitrogens with one attached hydrogen (secondary N) is 3. The standard InChI is InChI=1S/C20H28N6O5/c1-15(27)21-12-6-2-3-7-14-23-18(28)9-5-4-8-13-22-16-10-11-17(26(29)30)20-19(16)24-31-25-20/h6,10-12,22H,2-5,7-9,13-14H2,1H3,(H,21,27)(H,23,28)/b12-6+. The van der Waals surface area contributed by atoms with E-state index < -0.39 is 4.92 Å². The number of non-ortho nitro benzene ring substituents is 1. The predicted molar refractivity (Wildman–Crippen MR) is 115 cm³/mol. The highest BCUT2D eigenvalue weighted by Crippen LogP contribution is 2.28. The first kappa shape index (κ1) is 23.8. The van der Waals surface area contributed by atoms with Crippen molar-refractivity contribution in [1.29, 1.82) is 0 Å². The summed E-state index contributed by atoms with van der Waals surface area (Å²) in [6.07, 6.45) is 9.22. The number of allylic oxidation sites excluding steroid dienone is 1. The Bertz CT molecular complexity index is 911. The summed E-state index contributed by atoms with van der Waals surface area (Å²) in [7, 11) is 0. The molecule has 1 heterocycles. The van der Waals surface area contributed by atoms with E-state index in [4.69, 9.17) is 0 Å². The molecular weight excluding hydrogens is 404 g/mol. The van der Waals surface area contributed by atoms with Gasteiger partial charge in [0, 0.05) is 32.5 Å². The maximum atomic E-state index is 11.8. The van der Waals surface area contributed by atoms with Crippen molar-refractivity contribution in [2.24, 2.45) is 0 Å². The zero-order valence-corrected chi connectivity index (χ0v) is 17.6. The second-order valence-corrected chi connectivity index (χ2v) is 7.04. The third-order valence-corrected chi connectivity index (χ3v) is 4.51. The van der Waals surface area contributed by atoms with Crippen molar-refractivity contribution in [3.8, 4) is 0 Å². The van der Waals surface area contributed by atoms with Crippen LogP contribution >= 0.6 is 0 Å². The van der Waals surface area contributed by atoms with Crippen LogP contribution in [0.1, 0.15) is 51.9 Å². The smallest absolute Gasteiger partial charge is 0.300 e. The molecule has 168 valence electrons. The van der Waals surface area contributed by atoms with Crippen LogP contribution in [0.4, 0.5) is 11.4 Å². The SMILES string of the molecule is CC(=O)N/C=C/CCCCNC(=O)CCCCCNc1ccc([N+](=O)[O-])c2nonc12. The predicted octanol–water partition coefficient (Wildman–Crippen LogP) is 3.04. The van der Waals surface area contributed by atoms with Gasteiger partial charge in [0.1, 0.15) is 0 Å². The molecule has 0 saturated heterocycles. The normalized spacial score (nSPS) is 11.0. The third-order valence-electron chi connectivity index (χ3n) is 4.51. The second kappa shape index (κ2) is 12.9. The highest BCUT2D eigenvalue weighted by Gasteiger charge is 2.19. The van der Waals surface area contributed by atoms with E-state index in [1.54, 1.807) is 12.3 Å². The number of aromatic nitrogens is 2. The topological polar surface area (TPSA) is 152 Å². The van der Waals surface area contributed by atoms with Crippen molar-refractivity contribution < 1.29 is 19.1 Å². The molecule has 0 fully saturated rings. The zero-order chi connectivity index (χ0) is 22.5. The fourth-order valence-electron chi connectivity index (χ4n) is 2.92. The van der Waals surface area contributed by atoms with Gasteiger partial charge in [0.15, 0.2) is 5.52 Å². The van der Waals surface area contributed by atoms with Crippen LogP contribution in [0.25, 0.3) is 11.0 Å². The molecule has 1 aromatic carbocycles. The highest BCUT2D eigenvalue weighted by molar-refractivity contribution is 5.93. The number of hydrogen-bond acceptors (Lipinski definition) is 8. The van der Waals surface area contributed by atoms with Crippen molar-refractivity contribution in [3.63, 3.8) is 0 Å². The van der Waals surface area contributed by atoms with E-state index in [0.717, 1.165) is 38.5 Å². The van der Waals surface area contributed by atoms with Gasteiger partial charge in [-0.05, 0) is 54.7 Å². The van der Waals surface area contributed by atoms with E-state index in [1.807, 2.05) is 6.08 Å². The molecule has 0 unspecified atom stereocenters. The quantitative estimate of drug-likeness (QED) is 0.234. The molecule has 31 heavy (non-hydrogen) atoms. The number of fused-ring (bicyclic) bond motifs is 1. The van der Waals surface area contributed by atoms with Crippen LogP contribution in [0.3, 0.4) is 0 Å². The van der Waals surface area contributed by atoms with Gasteiger partial charge >= 0.3 is 5.69 Å². The summed E-state index contributed by atoms with van der Waals surface area (Å²) in [5, 5.41) is 27.0. The van der Waals surface area contributed by atoms with E-state index in [2.05, 4.69) is 30.9 Å². The average molecular weight is 432 g/mol. The van der Waals surface area contributed by atoms with E-state index in [1.165, 1.54) is 13.0 Å². The summed E-state index contributed by atoms with van der Waals surface area (Å²) in [5.41, 5.74) is 0.940. The average Bonchev–Trinajstić information content (AvgIpc) is 3.22. The van der Waals surface area contributed by atoms with Crippen LogP contribution in [-0.2, 0) is 9.59 Å². The van der Waals surface area contributed by atoms with Gasteiger partial charge < -0.3 is 16.0 Å². The molecular formula is C20H28N6O5. The number of carbonyl (C=O) groups excluding carboxylic acids is 2. The van der Waals surface area contributed by atoms with Crippen molar-refractivity contribution in [3.05, 3.63) is 34.5 Å². The number of nitro groups is 1. The van der Waals surface area contributed by atoms with Crippen molar-refractivity contribution in [1.82, 2.24) is 20.9 Å². The van der Waals surface area contributed by atoms with Gasteiger partial charge in [0.25, 0.3) is 0 Å². The minimum absolute atomic E-state index is 0.0486. The first-order valence-electron chi connectivity index (χ1n) is 10.3. The first-order valence-corrected chi connectivity index (χ1v) is 10.3. The molecule has 11 heteroatoms. The molecule has 0 bridgehead atoms. The van der Waals surface area contributed by atoms with Crippen LogP contribution < -0.4 is 16.0 Å². The second-order valence-electron chi connectivity index (χ2n) is 7.04. The summed E-state index contributed by atoms with van der Waals surface area (Å²) in [4.78, 5) is 33.0. The van der Waals surface area contributed by atoms with Gasteiger partial charge in [-0.15, -0.1) is 0 Å². The molecule has 0 saturated carbocycles. The number of unbranched alkanes of at least 4 members (excludes halogenated alkanes) is 4. The Morgan fingerprint density at radius 2 is 1.87 bits per heavy atom. The van der Waals surface area contributed by atoms with Gasteiger partial charge in [0.05, 0.1) is 10.6 Å². The lowest BCUT2D eigenvalue weighted by molar-refractivity contribution is -0.383. The molecule has 2 aromatic rings. The Morgan fingerprint density at radius 1 is 1.10 bits per heavy atom. The fraction of sp³-hybridized carbons (Fsp3) is 0.500. The molecule has 0 radical (unpaired) electrons. The molecule has 3 N–H and O–H groups in total. The van der Waals surface area contributed by atoms with Gasteiger partial charge in [-0.3, -0.25) is 19.7 Å². The number of carbonyl (C=O) groups is 2. The highest BCUT2D eigenvalue weighted by atomic mass is 16.6. The van der Waals surface area contributed by atoms with Crippen LogP contribution in [0, 0.1) is 10.1 Å². The molecule has 11 nitrogen and oxygen atoms in total. The van der Waals surface area contributed by atoms with Gasteiger partial charge in [0.2, 0.25) is 17.3 Å². The molecule has 0 aliphatic heterocycles. The number of amides is 2. The number of hydrogen-bond donors (Lipinski definition) is 3. The van der Waals surface area contributed by atoms with E-state index in [9.17, 15) is 19.7 Å². The molecule has 0 aliphatic carbocycles. The summed E-state index contributed by atoms with van der Waals surface area (Å²) in [5.74, 6) is -0.0392. The number of anilines is 1. The van der Waals surface area contributed by atoms with Crippen LogP contribution in [0.15, 0.2) is 29.0 Å². The van der Waals surface area contributed by atoms with Crippen LogP contribution in [-0.4, -0.2) is 40.1 Å². The zero-order valence-electron chi connectivity index (χ0n) is 17.6. The number of rotatable bonds is 14. The Hall–Kier alpha value is -3.50. The minimum atomic E-state index is -0.521. The lowest BCUT2D eigenvalue weighted by atomic mass is 10.1. The summed E-state index contributed by atoms with van der Waals surface area (Å²) < 4.78 is 4.63. The molecule has 2 amide bonds. The largest absolute Gasteiger partial charge is 0.383 e. The summed E-state index contributed by atoms with van der Waals surface area (Å²) in [6, 6.07) is 2.96. The number of nitrogens with zero attached hydrogens (tertiary/aromatic N) is 3. The van der Waals surface area contributed by atoms with Crippen molar-refractivity contribution in [2.75, 3.05) is 18.4 Å². The van der Waals surface area contributed by atoms with Gasteiger partial charge in [-0.25, -0.2) is 4.63 Å². The van der Waals surface area contributed by atoms with E-state index >= 15 is 0 Å². The van der Waals surface area contributed by atoms with Gasteiger partial charge in [-0.2, -0.15) is 0 Å². The number of benzene rings is 1. The maximum absolute atomic E-state index is 11.8. The van der Waals surface area contributed by atoms with E-state index in [0.29, 0.717) is 30.7 Å². The van der Waals surface area contributed by atoms with Gasteiger partial charge in [-0.1, -0.05) is 12.5 Å². The summed E-state index contributed by atoms with van der Waals surface area (Å²) >= 11 is 0. The third kappa shape index (κ3) is 8.41. The fourth-order valence-corrected chi connectivity index (χ4v) is 2.92. The minimum Gasteiger partial charge on any atom is -0.383 e. The Morgan fingerprint density at radius 3 is 2.65 bits per heavy atom. The molecule has 0 atom stereocenters. The Labute approximate surface area is 179 Å². The monoisotopic (exact) mass is 432 g/mol. The molecule has 2 rings (SSSR count). The van der Waals surface area contributed by atoms with Crippen LogP contribution in [0.2, 0.25) is 0 Å². The summed E-state index contributed by atoms with van der Waals surface area (Å²) in [6.45, 7) is 2.76. The maximum Gasteiger partial charge on any atom is 0.300 e. The lowest BCUT2D eigenvalue weighted by Gasteiger charge is -2.07. The lowest BCUT2D eigenvalue weighted by Crippen LogP contribution is -2.24. The molecule has 0 spiro atoms. The van der Waals surface area contributed by atoms with E-state index in [-0.39, 0.29) is 23.0 Å². The molecule has 1 aromatic heterocycles.